The van der Waals surface area contributed by atoms with Crippen LogP contribution in [-0.2, 0) is 18.3 Å². The molecule has 108 valence electrons. The molecule has 3 heterocycles. The number of anilines is 1. The van der Waals surface area contributed by atoms with E-state index in [1.54, 1.807) is 35.3 Å². The second-order valence-corrected chi connectivity index (χ2v) is 5.55. The molecule has 0 saturated carbocycles. The van der Waals surface area contributed by atoms with Crippen LogP contribution in [0.2, 0.25) is 0 Å². The van der Waals surface area contributed by atoms with E-state index < -0.39 is 0 Å². The summed E-state index contributed by atoms with van der Waals surface area (Å²) in [7, 11) is 1.80. The Bertz CT molecular complexity index is 758. The van der Waals surface area contributed by atoms with Crippen LogP contribution < -0.4 is 5.32 Å². The summed E-state index contributed by atoms with van der Waals surface area (Å²) in [6.07, 6.45) is 1.93. The number of oxazole rings is 1. The first-order chi connectivity index (χ1) is 10.1. The van der Waals surface area contributed by atoms with Gasteiger partial charge in [0, 0.05) is 19.3 Å². The number of carbonyl (C=O) groups excluding carboxylic acids is 1. The number of hydrogen-bond donors (Lipinski definition) is 1. The van der Waals surface area contributed by atoms with E-state index in [0.717, 1.165) is 4.88 Å². The summed E-state index contributed by atoms with van der Waals surface area (Å²) < 4.78 is 7.24. The second-order valence-electron chi connectivity index (χ2n) is 4.60. The van der Waals surface area contributed by atoms with Gasteiger partial charge in [-0.25, -0.2) is 4.98 Å². The molecule has 0 radical (unpaired) electrons. The molecule has 0 atom stereocenters. The van der Waals surface area contributed by atoms with Crippen LogP contribution in [0.5, 0.6) is 0 Å². The highest BCUT2D eigenvalue weighted by Gasteiger charge is 2.15. The van der Waals surface area contributed by atoms with Gasteiger partial charge in [-0.1, -0.05) is 6.07 Å². The summed E-state index contributed by atoms with van der Waals surface area (Å²) in [5.74, 6) is 1.59. The molecule has 0 fully saturated rings. The first-order valence-electron chi connectivity index (χ1n) is 6.41. The highest BCUT2D eigenvalue weighted by molar-refractivity contribution is 7.13. The van der Waals surface area contributed by atoms with Crippen molar-refractivity contribution in [2.45, 2.75) is 13.3 Å². The summed E-state index contributed by atoms with van der Waals surface area (Å²) in [6.45, 7) is 1.81. The zero-order chi connectivity index (χ0) is 14.8. The fourth-order valence-corrected chi connectivity index (χ4v) is 2.57. The molecule has 21 heavy (non-hydrogen) atoms. The molecule has 7 heteroatoms. The lowest BCUT2D eigenvalue weighted by Gasteiger charge is -1.99. The third kappa shape index (κ3) is 3.03. The summed E-state index contributed by atoms with van der Waals surface area (Å²) >= 11 is 1.55. The van der Waals surface area contributed by atoms with Crippen LogP contribution >= 0.6 is 11.3 Å². The molecule has 3 aromatic heterocycles. The number of amides is 1. The van der Waals surface area contributed by atoms with Crippen molar-refractivity contribution in [3.05, 3.63) is 41.2 Å². The Morgan fingerprint density at radius 1 is 1.48 bits per heavy atom. The number of hydrogen-bond acceptors (Lipinski definition) is 5. The van der Waals surface area contributed by atoms with Crippen LogP contribution in [-0.4, -0.2) is 20.7 Å². The van der Waals surface area contributed by atoms with E-state index >= 15 is 0 Å². The Kier molecular flexibility index (Phi) is 3.57. The van der Waals surface area contributed by atoms with Gasteiger partial charge < -0.3 is 9.73 Å². The highest BCUT2D eigenvalue weighted by Crippen LogP contribution is 2.26. The van der Waals surface area contributed by atoms with Crippen LogP contribution in [0.15, 0.2) is 34.2 Å². The van der Waals surface area contributed by atoms with Crippen molar-refractivity contribution >= 4 is 23.1 Å². The van der Waals surface area contributed by atoms with Crippen molar-refractivity contribution in [1.82, 2.24) is 14.8 Å². The fourth-order valence-electron chi connectivity index (χ4n) is 1.92. The Hall–Kier alpha value is -2.41. The zero-order valence-electron chi connectivity index (χ0n) is 11.7. The number of aryl methyl sites for hydroxylation is 2. The van der Waals surface area contributed by atoms with Gasteiger partial charge in [0.05, 0.1) is 17.0 Å². The van der Waals surface area contributed by atoms with Crippen LogP contribution in [0.25, 0.3) is 10.8 Å². The summed E-state index contributed by atoms with van der Waals surface area (Å²) in [4.78, 5) is 17.3. The number of nitrogens with zero attached hydrogens (tertiary/aromatic N) is 3. The third-order valence-electron chi connectivity index (χ3n) is 2.93. The first-order valence-corrected chi connectivity index (χ1v) is 7.29. The van der Waals surface area contributed by atoms with E-state index in [9.17, 15) is 4.79 Å². The minimum absolute atomic E-state index is 0.164. The minimum atomic E-state index is -0.164. The smallest absolute Gasteiger partial charge is 0.236 e. The van der Waals surface area contributed by atoms with Gasteiger partial charge in [-0.15, -0.1) is 11.3 Å². The Balaban J connectivity index is 1.71. The summed E-state index contributed by atoms with van der Waals surface area (Å²) in [5.41, 5.74) is 0.645. The standard InChI is InChI=1S/C14H14N4O2S/c1-9-10(15-14(20-9)11-4-3-7-21-11)8-13(19)16-12-5-6-18(2)17-12/h3-7H,8H2,1-2H3,(H,16,17,19). The number of aromatic nitrogens is 3. The topological polar surface area (TPSA) is 73.0 Å². The first kappa shape index (κ1) is 13.6. The molecule has 0 unspecified atom stereocenters. The number of rotatable bonds is 4. The largest absolute Gasteiger partial charge is 0.440 e. The van der Waals surface area contributed by atoms with Gasteiger partial charge >= 0.3 is 0 Å². The molecule has 0 aliphatic rings. The summed E-state index contributed by atoms with van der Waals surface area (Å²) in [5, 5.41) is 8.80. The van der Waals surface area contributed by atoms with Crippen molar-refractivity contribution in [3.63, 3.8) is 0 Å². The zero-order valence-corrected chi connectivity index (χ0v) is 12.5. The maximum Gasteiger partial charge on any atom is 0.236 e. The molecule has 0 bridgehead atoms. The van der Waals surface area contributed by atoms with E-state index in [1.807, 2.05) is 24.4 Å². The molecule has 0 saturated heterocycles. The van der Waals surface area contributed by atoms with Crippen LogP contribution in [0, 0.1) is 6.92 Å². The van der Waals surface area contributed by atoms with E-state index in [2.05, 4.69) is 15.4 Å². The summed E-state index contributed by atoms with van der Waals surface area (Å²) in [6, 6.07) is 5.62. The number of thiophene rings is 1. The van der Waals surface area contributed by atoms with Crippen molar-refractivity contribution in [1.29, 1.82) is 0 Å². The van der Waals surface area contributed by atoms with E-state index in [0.29, 0.717) is 23.2 Å². The predicted molar refractivity (Wildman–Crippen MR) is 80.1 cm³/mol. The van der Waals surface area contributed by atoms with Crippen molar-refractivity contribution in [2.75, 3.05) is 5.32 Å². The molecular weight excluding hydrogens is 288 g/mol. The van der Waals surface area contributed by atoms with Gasteiger partial charge in [0.1, 0.15) is 5.76 Å². The van der Waals surface area contributed by atoms with Gasteiger partial charge in [-0.2, -0.15) is 5.10 Å². The highest BCUT2D eigenvalue weighted by atomic mass is 32.1. The van der Waals surface area contributed by atoms with Gasteiger partial charge in [-0.3, -0.25) is 9.48 Å². The molecule has 6 nitrogen and oxygen atoms in total. The molecule has 0 aliphatic heterocycles. The van der Waals surface area contributed by atoms with Crippen molar-refractivity contribution in [2.24, 2.45) is 7.05 Å². The van der Waals surface area contributed by atoms with Crippen molar-refractivity contribution in [3.8, 4) is 10.8 Å². The Morgan fingerprint density at radius 3 is 3.00 bits per heavy atom. The molecule has 0 spiro atoms. The van der Waals surface area contributed by atoms with Gasteiger partial charge in [0.2, 0.25) is 11.8 Å². The van der Waals surface area contributed by atoms with Gasteiger partial charge in [0.25, 0.3) is 0 Å². The minimum Gasteiger partial charge on any atom is -0.440 e. The lowest BCUT2D eigenvalue weighted by atomic mass is 10.2. The SMILES string of the molecule is Cc1oc(-c2cccs2)nc1CC(=O)Nc1ccn(C)n1. The molecule has 1 amide bonds. The maximum atomic E-state index is 12.0. The lowest BCUT2D eigenvalue weighted by molar-refractivity contribution is -0.115. The molecule has 0 aliphatic carbocycles. The van der Waals surface area contributed by atoms with E-state index in [1.165, 1.54) is 0 Å². The number of nitrogens with one attached hydrogen (secondary N) is 1. The van der Waals surface area contributed by atoms with Crippen LogP contribution in [0.4, 0.5) is 5.82 Å². The Morgan fingerprint density at radius 2 is 2.33 bits per heavy atom. The quantitative estimate of drug-likeness (QED) is 0.804. The monoisotopic (exact) mass is 302 g/mol. The fraction of sp³-hybridized carbons (Fsp3) is 0.214. The van der Waals surface area contributed by atoms with Crippen LogP contribution in [0.1, 0.15) is 11.5 Å². The molecule has 3 rings (SSSR count). The third-order valence-corrected chi connectivity index (χ3v) is 3.79. The van der Waals surface area contributed by atoms with Crippen molar-refractivity contribution < 1.29 is 9.21 Å². The van der Waals surface area contributed by atoms with Gasteiger partial charge in [-0.05, 0) is 18.4 Å². The molecule has 1 N–H and O–H groups in total. The maximum absolute atomic E-state index is 12.0. The lowest BCUT2D eigenvalue weighted by Crippen LogP contribution is -2.15. The van der Waals surface area contributed by atoms with Gasteiger partial charge in [0.15, 0.2) is 5.82 Å². The van der Waals surface area contributed by atoms with E-state index in [-0.39, 0.29) is 12.3 Å². The normalized spacial score (nSPS) is 10.8. The Labute approximate surface area is 125 Å². The average Bonchev–Trinajstić information content (AvgIpc) is 3.13. The van der Waals surface area contributed by atoms with Crippen LogP contribution in [0.3, 0.4) is 0 Å². The molecular formula is C14H14N4O2S. The molecule has 3 aromatic rings. The second kappa shape index (κ2) is 5.53. The molecule has 0 aromatic carbocycles. The average molecular weight is 302 g/mol. The van der Waals surface area contributed by atoms with E-state index in [4.69, 9.17) is 4.42 Å². The predicted octanol–water partition coefficient (Wildman–Crippen LogP) is 2.63. The number of carbonyl (C=O) groups is 1.